The molecule has 0 radical (unpaired) electrons. The van der Waals surface area contributed by atoms with Gasteiger partial charge in [-0.2, -0.15) is 0 Å². The van der Waals surface area contributed by atoms with E-state index < -0.39 is 0 Å². The van der Waals surface area contributed by atoms with Gasteiger partial charge in [0.1, 0.15) is 22.3 Å². The summed E-state index contributed by atoms with van der Waals surface area (Å²) in [7, 11) is 0. The Morgan fingerprint density at radius 2 is 0.900 bits per heavy atom. The molecule has 0 fully saturated rings. The third kappa shape index (κ3) is 5.59. The van der Waals surface area contributed by atoms with Crippen LogP contribution in [0.4, 0.5) is 0 Å². The SMILES string of the molecule is c1ccc(-c2cc(-c3ccc(-c4ccc(-c5cccc6c5oc5ccccc56)c5c4oc4ccccc45)cc3)nc(-c3ccc(-c4ccnc5ccccc45)cc3)n2)cc1. The first kappa shape index (κ1) is 33.9. The Labute approximate surface area is 344 Å². The maximum absolute atomic E-state index is 6.72. The van der Waals surface area contributed by atoms with Crippen LogP contribution in [0.15, 0.2) is 209 Å². The summed E-state index contributed by atoms with van der Waals surface area (Å²) in [5.74, 6) is 0.667. The highest BCUT2D eigenvalue weighted by molar-refractivity contribution is 6.19. The molecule has 0 spiro atoms. The van der Waals surface area contributed by atoms with Gasteiger partial charge in [-0.25, -0.2) is 9.97 Å². The minimum absolute atomic E-state index is 0.667. The smallest absolute Gasteiger partial charge is 0.160 e. The fourth-order valence-electron chi connectivity index (χ4n) is 8.69. The van der Waals surface area contributed by atoms with Gasteiger partial charge in [-0.3, -0.25) is 4.98 Å². The maximum Gasteiger partial charge on any atom is 0.160 e. The van der Waals surface area contributed by atoms with E-state index in [1.807, 2.05) is 60.8 Å². The molecule has 5 nitrogen and oxygen atoms in total. The predicted molar refractivity (Wildman–Crippen MR) is 245 cm³/mol. The lowest BCUT2D eigenvalue weighted by atomic mass is 9.93. The van der Waals surface area contributed by atoms with Crippen molar-refractivity contribution in [2.75, 3.05) is 0 Å². The first-order chi connectivity index (χ1) is 29.7. The minimum Gasteiger partial charge on any atom is -0.455 e. The lowest BCUT2D eigenvalue weighted by Crippen LogP contribution is -1.96. The molecule has 4 heterocycles. The second-order valence-electron chi connectivity index (χ2n) is 15.1. The summed E-state index contributed by atoms with van der Waals surface area (Å²) in [4.78, 5) is 14.8. The number of rotatable bonds is 6. The quantitative estimate of drug-likeness (QED) is 0.169. The number of aromatic nitrogens is 3. The van der Waals surface area contributed by atoms with Crippen LogP contribution >= 0.6 is 0 Å². The number of hydrogen-bond donors (Lipinski definition) is 0. The van der Waals surface area contributed by atoms with Crippen LogP contribution in [-0.4, -0.2) is 15.0 Å². The van der Waals surface area contributed by atoms with Crippen molar-refractivity contribution in [1.29, 1.82) is 0 Å². The van der Waals surface area contributed by atoms with E-state index in [-0.39, 0.29) is 0 Å². The van der Waals surface area contributed by atoms with Crippen LogP contribution in [0.25, 0.3) is 122 Å². The molecule has 4 aromatic heterocycles. The van der Waals surface area contributed by atoms with Crippen LogP contribution in [0.1, 0.15) is 0 Å². The van der Waals surface area contributed by atoms with Gasteiger partial charge in [-0.05, 0) is 58.7 Å². The second-order valence-corrected chi connectivity index (χ2v) is 15.1. The number of hydrogen-bond acceptors (Lipinski definition) is 5. The van der Waals surface area contributed by atoms with E-state index >= 15 is 0 Å². The van der Waals surface area contributed by atoms with Gasteiger partial charge in [-0.15, -0.1) is 0 Å². The van der Waals surface area contributed by atoms with Crippen LogP contribution in [0.2, 0.25) is 0 Å². The molecule has 60 heavy (non-hydrogen) atoms. The third-order valence-corrected chi connectivity index (χ3v) is 11.6. The molecular weight excluding hydrogens is 735 g/mol. The lowest BCUT2D eigenvalue weighted by Gasteiger charge is -2.12. The topological polar surface area (TPSA) is 65.0 Å². The van der Waals surface area contributed by atoms with Crippen molar-refractivity contribution in [3.05, 3.63) is 200 Å². The largest absolute Gasteiger partial charge is 0.455 e. The van der Waals surface area contributed by atoms with Gasteiger partial charge >= 0.3 is 0 Å². The van der Waals surface area contributed by atoms with Gasteiger partial charge in [0.05, 0.1) is 16.9 Å². The highest BCUT2D eigenvalue weighted by Gasteiger charge is 2.21. The van der Waals surface area contributed by atoms with E-state index in [9.17, 15) is 0 Å². The molecule has 0 unspecified atom stereocenters. The molecule has 0 aliphatic rings. The Morgan fingerprint density at radius 1 is 0.333 bits per heavy atom. The standard InChI is InChI=1S/C55H33N3O2/c1-2-11-36(12-3-1)48-33-49(58-55(57-48)38-27-23-34(24-28-38)39-31-32-56-47-18-7-4-13-41(39)47)37-25-21-35(22-26-37)40-29-30-43(52-46-15-6-9-20-51(46)60-54(40)52)45-17-10-16-44-42-14-5-8-19-50(42)59-53(44)45/h1-33H. The fourth-order valence-corrected chi connectivity index (χ4v) is 8.69. The second kappa shape index (κ2) is 13.8. The molecule has 0 bridgehead atoms. The fraction of sp³-hybridized carbons (Fsp3) is 0. The van der Waals surface area contributed by atoms with Crippen LogP contribution in [0, 0.1) is 0 Å². The van der Waals surface area contributed by atoms with E-state index in [0.717, 1.165) is 116 Å². The highest BCUT2D eigenvalue weighted by atomic mass is 16.3. The first-order valence-electron chi connectivity index (χ1n) is 20.1. The van der Waals surface area contributed by atoms with E-state index in [1.165, 1.54) is 0 Å². The van der Waals surface area contributed by atoms with E-state index in [1.54, 1.807) is 0 Å². The van der Waals surface area contributed by atoms with Crippen molar-refractivity contribution >= 4 is 54.8 Å². The van der Waals surface area contributed by atoms with Gasteiger partial charge in [0, 0.05) is 60.9 Å². The van der Waals surface area contributed by atoms with Crippen molar-refractivity contribution in [2.45, 2.75) is 0 Å². The van der Waals surface area contributed by atoms with E-state index in [0.29, 0.717) is 5.82 Å². The number of pyridine rings is 1. The van der Waals surface area contributed by atoms with Gasteiger partial charge in [0.25, 0.3) is 0 Å². The summed E-state index contributed by atoms with van der Waals surface area (Å²) in [5, 5.41) is 5.47. The average Bonchev–Trinajstić information content (AvgIpc) is 3.91. The van der Waals surface area contributed by atoms with Gasteiger partial charge < -0.3 is 8.83 Å². The van der Waals surface area contributed by atoms with Crippen molar-refractivity contribution in [2.24, 2.45) is 0 Å². The summed E-state index contributed by atoms with van der Waals surface area (Å²) >= 11 is 0. The zero-order valence-corrected chi connectivity index (χ0v) is 32.2. The average molecular weight is 768 g/mol. The molecule has 8 aromatic carbocycles. The molecule has 0 atom stereocenters. The third-order valence-electron chi connectivity index (χ3n) is 11.6. The summed E-state index contributed by atoms with van der Waals surface area (Å²) in [6.45, 7) is 0. The van der Waals surface area contributed by atoms with Crippen molar-refractivity contribution in [3.63, 3.8) is 0 Å². The molecule has 5 heteroatoms. The Kier molecular flexibility index (Phi) is 7.78. The number of fused-ring (bicyclic) bond motifs is 7. The van der Waals surface area contributed by atoms with Gasteiger partial charge in [0.2, 0.25) is 0 Å². The molecule has 0 N–H and O–H groups in total. The molecule has 12 aromatic rings. The Morgan fingerprint density at radius 3 is 1.68 bits per heavy atom. The Balaban J connectivity index is 0.952. The molecular formula is C55H33N3O2. The number of nitrogens with zero attached hydrogens (tertiary/aromatic N) is 3. The summed E-state index contributed by atoms with van der Waals surface area (Å²) in [5.41, 5.74) is 15.5. The van der Waals surface area contributed by atoms with Crippen LogP contribution < -0.4 is 0 Å². The Bertz CT molecular complexity index is 3580. The molecule has 0 saturated carbocycles. The zero-order valence-electron chi connectivity index (χ0n) is 32.2. The molecule has 280 valence electrons. The number of benzene rings is 8. The van der Waals surface area contributed by atoms with E-state index in [2.05, 4.69) is 145 Å². The lowest BCUT2D eigenvalue weighted by molar-refractivity contribution is 0.669. The molecule has 0 aliphatic carbocycles. The van der Waals surface area contributed by atoms with Crippen LogP contribution in [0.3, 0.4) is 0 Å². The molecule has 12 rings (SSSR count). The maximum atomic E-state index is 6.72. The summed E-state index contributed by atoms with van der Waals surface area (Å²) < 4.78 is 13.2. The van der Waals surface area contributed by atoms with Crippen molar-refractivity contribution in [3.8, 4) is 67.3 Å². The number of furan rings is 2. The molecule has 0 amide bonds. The van der Waals surface area contributed by atoms with Crippen molar-refractivity contribution < 1.29 is 8.83 Å². The normalized spacial score (nSPS) is 11.7. The van der Waals surface area contributed by atoms with Crippen LogP contribution in [-0.2, 0) is 0 Å². The monoisotopic (exact) mass is 767 g/mol. The Hall–Kier alpha value is -8.15. The highest BCUT2D eigenvalue weighted by Crippen LogP contribution is 2.45. The summed E-state index contributed by atoms with van der Waals surface area (Å²) in [6, 6.07) is 67.1. The summed E-state index contributed by atoms with van der Waals surface area (Å²) in [6.07, 6.45) is 1.87. The number of para-hydroxylation sites is 4. The molecule has 0 saturated heterocycles. The molecule has 0 aliphatic heterocycles. The van der Waals surface area contributed by atoms with E-state index in [4.69, 9.17) is 18.8 Å². The van der Waals surface area contributed by atoms with Gasteiger partial charge in [-0.1, -0.05) is 158 Å². The minimum atomic E-state index is 0.667. The van der Waals surface area contributed by atoms with Crippen LogP contribution in [0.5, 0.6) is 0 Å². The first-order valence-corrected chi connectivity index (χ1v) is 20.1. The van der Waals surface area contributed by atoms with Gasteiger partial charge in [0.15, 0.2) is 5.82 Å². The van der Waals surface area contributed by atoms with Crippen molar-refractivity contribution in [1.82, 2.24) is 15.0 Å². The zero-order chi connectivity index (χ0) is 39.6. The predicted octanol–water partition coefficient (Wildman–Crippen LogP) is 14.8.